The standard InChI is InChI=1S/C21H15N5OS/c1-26-11-17(10-24-26)13-2-3-15-9-22-20(8-16(15)6-13)25-21(27)14-4-5-18-19(7-14)28-12-23-18/h2-12H,1H3,(H,22,25,27). The van der Waals surface area contributed by atoms with Crippen LogP contribution in [-0.2, 0) is 7.05 Å². The maximum absolute atomic E-state index is 12.6. The molecule has 6 nitrogen and oxygen atoms in total. The van der Waals surface area contributed by atoms with Gasteiger partial charge in [-0.2, -0.15) is 5.10 Å². The molecule has 0 saturated carbocycles. The van der Waals surface area contributed by atoms with Crippen LogP contribution in [0.2, 0.25) is 0 Å². The average molecular weight is 385 g/mol. The maximum Gasteiger partial charge on any atom is 0.256 e. The summed E-state index contributed by atoms with van der Waals surface area (Å²) in [6.45, 7) is 0. The lowest BCUT2D eigenvalue weighted by atomic mass is 10.1. The summed E-state index contributed by atoms with van der Waals surface area (Å²) in [7, 11) is 1.89. The van der Waals surface area contributed by atoms with Crippen LogP contribution in [0.5, 0.6) is 0 Å². The number of hydrogen-bond acceptors (Lipinski definition) is 5. The largest absolute Gasteiger partial charge is 0.307 e. The van der Waals surface area contributed by atoms with E-state index in [-0.39, 0.29) is 5.91 Å². The SMILES string of the molecule is Cn1cc(-c2ccc3cnc(NC(=O)c4ccc5ncsc5c4)cc3c2)cn1. The van der Waals surface area contributed by atoms with Gasteiger partial charge in [-0.15, -0.1) is 11.3 Å². The monoisotopic (exact) mass is 385 g/mol. The van der Waals surface area contributed by atoms with Gasteiger partial charge < -0.3 is 5.32 Å². The minimum absolute atomic E-state index is 0.189. The number of aromatic nitrogens is 4. The van der Waals surface area contributed by atoms with Crippen LogP contribution in [0.3, 0.4) is 0 Å². The number of anilines is 1. The molecule has 3 heterocycles. The molecule has 28 heavy (non-hydrogen) atoms. The Bertz CT molecular complexity index is 1340. The van der Waals surface area contributed by atoms with E-state index >= 15 is 0 Å². The number of nitrogens with zero attached hydrogens (tertiary/aromatic N) is 4. The fourth-order valence-electron chi connectivity index (χ4n) is 3.14. The molecule has 0 aliphatic carbocycles. The molecule has 0 unspecified atom stereocenters. The summed E-state index contributed by atoms with van der Waals surface area (Å²) in [5, 5.41) is 9.13. The summed E-state index contributed by atoms with van der Waals surface area (Å²) in [6, 6.07) is 13.5. The Labute approximate surface area is 164 Å². The third-order valence-electron chi connectivity index (χ3n) is 4.59. The van der Waals surface area contributed by atoms with Gasteiger partial charge in [0, 0.05) is 36.0 Å². The van der Waals surface area contributed by atoms with Gasteiger partial charge in [0.1, 0.15) is 5.82 Å². The molecule has 0 fully saturated rings. The lowest BCUT2D eigenvalue weighted by molar-refractivity contribution is 0.102. The van der Waals surface area contributed by atoms with Gasteiger partial charge in [-0.05, 0) is 41.3 Å². The molecule has 0 radical (unpaired) electrons. The first-order chi connectivity index (χ1) is 13.7. The Hall–Kier alpha value is -3.58. The Morgan fingerprint density at radius 3 is 2.79 bits per heavy atom. The summed E-state index contributed by atoms with van der Waals surface area (Å²) in [4.78, 5) is 21.2. The van der Waals surface area contributed by atoms with E-state index in [0.29, 0.717) is 11.4 Å². The van der Waals surface area contributed by atoms with E-state index in [1.807, 2.05) is 49.8 Å². The van der Waals surface area contributed by atoms with E-state index in [2.05, 4.69) is 26.4 Å². The topological polar surface area (TPSA) is 72.7 Å². The van der Waals surface area contributed by atoms with Crippen molar-refractivity contribution in [2.45, 2.75) is 0 Å². The summed E-state index contributed by atoms with van der Waals surface area (Å²) in [5.74, 6) is 0.329. The number of aryl methyl sites for hydroxylation is 1. The smallest absolute Gasteiger partial charge is 0.256 e. The van der Waals surface area contributed by atoms with Crippen molar-refractivity contribution < 1.29 is 4.79 Å². The van der Waals surface area contributed by atoms with E-state index in [4.69, 9.17) is 0 Å². The van der Waals surface area contributed by atoms with Crippen LogP contribution in [-0.4, -0.2) is 25.7 Å². The molecular formula is C21H15N5OS. The number of carbonyl (C=O) groups is 1. The molecule has 0 aliphatic rings. The Morgan fingerprint density at radius 1 is 1.00 bits per heavy atom. The second-order valence-electron chi connectivity index (χ2n) is 6.52. The predicted octanol–water partition coefficient (Wildman–Crippen LogP) is 4.50. The van der Waals surface area contributed by atoms with Gasteiger partial charge in [0.25, 0.3) is 5.91 Å². The van der Waals surface area contributed by atoms with Gasteiger partial charge in [-0.3, -0.25) is 9.48 Å². The molecule has 3 aromatic heterocycles. The number of thiazole rings is 1. The predicted molar refractivity (Wildman–Crippen MR) is 112 cm³/mol. The first kappa shape index (κ1) is 16.6. The summed E-state index contributed by atoms with van der Waals surface area (Å²) < 4.78 is 2.76. The van der Waals surface area contributed by atoms with Crippen LogP contribution in [0.25, 0.3) is 32.1 Å². The van der Waals surface area contributed by atoms with Crippen LogP contribution in [0.15, 0.2) is 66.6 Å². The molecule has 2 aromatic carbocycles. The molecule has 7 heteroatoms. The van der Waals surface area contributed by atoms with Gasteiger partial charge in [0.15, 0.2) is 0 Å². The minimum atomic E-state index is -0.189. The molecule has 1 N–H and O–H groups in total. The van der Waals surface area contributed by atoms with Gasteiger partial charge in [0.2, 0.25) is 0 Å². The first-order valence-corrected chi connectivity index (χ1v) is 9.57. The second kappa shape index (κ2) is 6.54. The van der Waals surface area contributed by atoms with E-state index in [9.17, 15) is 4.79 Å². The lowest BCUT2D eigenvalue weighted by Crippen LogP contribution is -2.12. The van der Waals surface area contributed by atoms with Crippen LogP contribution < -0.4 is 5.32 Å². The number of hydrogen-bond donors (Lipinski definition) is 1. The average Bonchev–Trinajstić information content (AvgIpc) is 3.35. The number of benzene rings is 2. The lowest BCUT2D eigenvalue weighted by Gasteiger charge is -2.07. The number of amides is 1. The summed E-state index contributed by atoms with van der Waals surface area (Å²) >= 11 is 1.51. The fourth-order valence-corrected chi connectivity index (χ4v) is 3.86. The molecule has 5 rings (SSSR count). The third-order valence-corrected chi connectivity index (χ3v) is 5.39. The molecule has 0 saturated heterocycles. The van der Waals surface area contributed by atoms with Crippen molar-refractivity contribution in [3.05, 3.63) is 72.1 Å². The molecular weight excluding hydrogens is 370 g/mol. The quantitative estimate of drug-likeness (QED) is 0.496. The molecule has 0 bridgehead atoms. The summed E-state index contributed by atoms with van der Waals surface area (Å²) in [5.41, 5.74) is 5.37. The minimum Gasteiger partial charge on any atom is -0.307 e. The van der Waals surface area contributed by atoms with E-state index < -0.39 is 0 Å². The molecule has 136 valence electrons. The highest BCUT2D eigenvalue weighted by atomic mass is 32.1. The Morgan fingerprint density at radius 2 is 1.93 bits per heavy atom. The van der Waals surface area contributed by atoms with Crippen LogP contribution >= 0.6 is 11.3 Å². The van der Waals surface area contributed by atoms with Crippen molar-refractivity contribution in [3.63, 3.8) is 0 Å². The zero-order valence-corrected chi connectivity index (χ0v) is 15.8. The zero-order valence-electron chi connectivity index (χ0n) is 15.0. The number of fused-ring (bicyclic) bond motifs is 2. The van der Waals surface area contributed by atoms with Gasteiger partial charge in [-0.1, -0.05) is 12.1 Å². The number of pyridine rings is 1. The molecule has 0 atom stereocenters. The second-order valence-corrected chi connectivity index (χ2v) is 7.41. The van der Waals surface area contributed by atoms with Crippen molar-refractivity contribution in [3.8, 4) is 11.1 Å². The van der Waals surface area contributed by atoms with Crippen molar-refractivity contribution in [2.75, 3.05) is 5.32 Å². The first-order valence-electron chi connectivity index (χ1n) is 8.69. The van der Waals surface area contributed by atoms with Crippen LogP contribution in [0.4, 0.5) is 5.82 Å². The number of carbonyl (C=O) groups excluding carboxylic acids is 1. The van der Waals surface area contributed by atoms with E-state index in [1.54, 1.807) is 22.5 Å². The third kappa shape index (κ3) is 3.01. The van der Waals surface area contributed by atoms with Crippen molar-refractivity contribution in [2.24, 2.45) is 7.05 Å². The van der Waals surface area contributed by atoms with E-state index in [0.717, 1.165) is 32.1 Å². The van der Waals surface area contributed by atoms with E-state index in [1.165, 1.54) is 11.3 Å². The van der Waals surface area contributed by atoms with Crippen LogP contribution in [0.1, 0.15) is 10.4 Å². The normalized spacial score (nSPS) is 11.2. The van der Waals surface area contributed by atoms with Crippen molar-refractivity contribution in [1.82, 2.24) is 19.7 Å². The van der Waals surface area contributed by atoms with Gasteiger partial charge in [-0.25, -0.2) is 9.97 Å². The zero-order chi connectivity index (χ0) is 19.1. The maximum atomic E-state index is 12.6. The van der Waals surface area contributed by atoms with Crippen LogP contribution in [0, 0.1) is 0 Å². The van der Waals surface area contributed by atoms with Gasteiger partial charge in [0.05, 0.1) is 21.9 Å². The molecule has 0 spiro atoms. The number of rotatable bonds is 3. The summed E-state index contributed by atoms with van der Waals surface area (Å²) in [6.07, 6.45) is 5.57. The Balaban J connectivity index is 1.45. The number of nitrogens with one attached hydrogen (secondary N) is 1. The van der Waals surface area contributed by atoms with Crippen molar-refractivity contribution in [1.29, 1.82) is 0 Å². The highest BCUT2D eigenvalue weighted by molar-refractivity contribution is 7.16. The molecule has 5 aromatic rings. The Kier molecular flexibility index (Phi) is 3.87. The van der Waals surface area contributed by atoms with Gasteiger partial charge >= 0.3 is 0 Å². The highest BCUT2D eigenvalue weighted by Crippen LogP contribution is 2.25. The van der Waals surface area contributed by atoms with Crippen molar-refractivity contribution >= 4 is 44.1 Å². The molecule has 1 amide bonds. The molecule has 0 aliphatic heterocycles. The highest BCUT2D eigenvalue weighted by Gasteiger charge is 2.10. The fraction of sp³-hybridized carbons (Fsp3) is 0.0476.